The number of likely N-dealkylation sites (tertiary alicyclic amines) is 1. The first-order valence-corrected chi connectivity index (χ1v) is 5.89. The number of carbonyl (C=O) groups excluding carboxylic acids is 1. The summed E-state index contributed by atoms with van der Waals surface area (Å²) in [7, 11) is 0. The van der Waals surface area contributed by atoms with E-state index >= 15 is 0 Å². The minimum Gasteiger partial charge on any atom is -0.337 e. The van der Waals surface area contributed by atoms with Gasteiger partial charge in [0.15, 0.2) is 0 Å². The molecule has 0 aromatic heterocycles. The summed E-state index contributed by atoms with van der Waals surface area (Å²) in [6.07, 6.45) is 1.90. The molecule has 0 unspecified atom stereocenters. The minimum absolute atomic E-state index is 0. The van der Waals surface area contributed by atoms with Gasteiger partial charge in [0.2, 0.25) is 0 Å². The highest BCUT2D eigenvalue weighted by atomic mass is 35.5. The third-order valence-electron chi connectivity index (χ3n) is 3.15. The van der Waals surface area contributed by atoms with Crippen molar-refractivity contribution < 1.29 is 9.18 Å². The van der Waals surface area contributed by atoms with Crippen LogP contribution in [-0.2, 0) is 0 Å². The van der Waals surface area contributed by atoms with Gasteiger partial charge in [-0.2, -0.15) is 0 Å². The van der Waals surface area contributed by atoms with Crippen LogP contribution in [0.25, 0.3) is 0 Å². The van der Waals surface area contributed by atoms with Gasteiger partial charge in [-0.25, -0.2) is 4.39 Å². The van der Waals surface area contributed by atoms with Crippen molar-refractivity contribution in [2.45, 2.75) is 25.8 Å². The maximum atomic E-state index is 13.1. The lowest BCUT2D eigenvalue weighted by Gasteiger charge is -2.30. The van der Waals surface area contributed by atoms with Gasteiger partial charge in [-0.15, -0.1) is 12.4 Å². The Bertz CT molecular complexity index is 439. The largest absolute Gasteiger partial charge is 0.337 e. The molecule has 5 heteroatoms. The number of rotatable bonds is 1. The van der Waals surface area contributed by atoms with Gasteiger partial charge in [0.1, 0.15) is 5.82 Å². The molecular weight excluding hydrogens is 255 g/mol. The molecule has 1 atom stereocenters. The van der Waals surface area contributed by atoms with Crippen molar-refractivity contribution in [1.29, 1.82) is 0 Å². The van der Waals surface area contributed by atoms with E-state index in [0.717, 1.165) is 19.4 Å². The number of nitrogens with two attached hydrogens (primary N) is 1. The standard InChI is InChI=1S/C13H17FN2O.ClH/c1-9-7-10(4-5-12(9)14)13(17)16-6-2-3-11(15)8-16;/h4-5,7,11H,2-3,6,8,15H2,1H3;1H/t11-;/m1./s1. The van der Waals surface area contributed by atoms with Crippen molar-refractivity contribution in [3.63, 3.8) is 0 Å². The van der Waals surface area contributed by atoms with Crippen LogP contribution in [0.1, 0.15) is 28.8 Å². The molecule has 1 fully saturated rings. The molecule has 1 saturated heterocycles. The second-order valence-corrected chi connectivity index (χ2v) is 4.62. The lowest BCUT2D eigenvalue weighted by Crippen LogP contribution is -2.45. The average Bonchev–Trinajstić information content (AvgIpc) is 2.32. The molecule has 1 aromatic carbocycles. The number of aryl methyl sites for hydroxylation is 1. The van der Waals surface area contributed by atoms with E-state index in [1.54, 1.807) is 17.9 Å². The Morgan fingerprint density at radius 3 is 2.83 bits per heavy atom. The van der Waals surface area contributed by atoms with Crippen molar-refractivity contribution in [3.8, 4) is 0 Å². The molecule has 1 aromatic rings. The van der Waals surface area contributed by atoms with Crippen molar-refractivity contribution in [2.24, 2.45) is 5.73 Å². The van der Waals surface area contributed by atoms with Crippen molar-refractivity contribution in [1.82, 2.24) is 4.90 Å². The molecule has 0 bridgehead atoms. The van der Waals surface area contributed by atoms with Crippen LogP contribution >= 0.6 is 12.4 Å². The first-order valence-electron chi connectivity index (χ1n) is 5.89. The first kappa shape index (κ1) is 14.9. The molecule has 3 nitrogen and oxygen atoms in total. The van der Waals surface area contributed by atoms with Crippen LogP contribution in [0.3, 0.4) is 0 Å². The van der Waals surface area contributed by atoms with Crippen LogP contribution in [0.15, 0.2) is 18.2 Å². The number of benzene rings is 1. The monoisotopic (exact) mass is 272 g/mol. The summed E-state index contributed by atoms with van der Waals surface area (Å²) in [6, 6.07) is 4.53. The number of halogens is 2. The maximum absolute atomic E-state index is 13.1. The molecule has 0 saturated carbocycles. The SMILES string of the molecule is Cc1cc(C(=O)N2CCC[C@@H](N)C2)ccc1F.Cl. The summed E-state index contributed by atoms with van der Waals surface area (Å²) in [5.74, 6) is -0.333. The van der Waals surface area contributed by atoms with Gasteiger partial charge in [-0.3, -0.25) is 4.79 Å². The van der Waals surface area contributed by atoms with E-state index in [2.05, 4.69) is 0 Å². The van der Waals surface area contributed by atoms with Crippen molar-refractivity contribution in [3.05, 3.63) is 35.1 Å². The summed E-state index contributed by atoms with van der Waals surface area (Å²) < 4.78 is 13.1. The highest BCUT2D eigenvalue weighted by molar-refractivity contribution is 5.94. The highest BCUT2D eigenvalue weighted by Gasteiger charge is 2.22. The molecule has 1 aliphatic rings. The number of hydrogen-bond acceptors (Lipinski definition) is 2. The van der Waals surface area contributed by atoms with Gasteiger partial charge < -0.3 is 10.6 Å². The normalized spacial score (nSPS) is 19.3. The van der Waals surface area contributed by atoms with E-state index in [1.165, 1.54) is 12.1 Å². The number of piperidine rings is 1. The van der Waals surface area contributed by atoms with E-state index in [0.29, 0.717) is 17.7 Å². The number of amides is 1. The zero-order valence-corrected chi connectivity index (χ0v) is 11.2. The molecule has 1 aliphatic heterocycles. The zero-order chi connectivity index (χ0) is 12.4. The van der Waals surface area contributed by atoms with E-state index in [-0.39, 0.29) is 30.2 Å². The predicted octanol–water partition coefficient (Wildman–Crippen LogP) is 2.12. The van der Waals surface area contributed by atoms with Gasteiger partial charge >= 0.3 is 0 Å². The highest BCUT2D eigenvalue weighted by Crippen LogP contribution is 2.15. The predicted molar refractivity (Wildman–Crippen MR) is 71.5 cm³/mol. The van der Waals surface area contributed by atoms with Crippen LogP contribution in [0.2, 0.25) is 0 Å². The van der Waals surface area contributed by atoms with Crippen LogP contribution in [0.5, 0.6) is 0 Å². The van der Waals surface area contributed by atoms with E-state index in [4.69, 9.17) is 5.73 Å². The Hall–Kier alpha value is -1.13. The molecular formula is C13H18ClFN2O. The topological polar surface area (TPSA) is 46.3 Å². The van der Waals surface area contributed by atoms with Crippen LogP contribution in [0.4, 0.5) is 4.39 Å². The minimum atomic E-state index is -0.281. The number of hydrogen-bond donors (Lipinski definition) is 1. The van der Waals surface area contributed by atoms with Crippen molar-refractivity contribution in [2.75, 3.05) is 13.1 Å². The van der Waals surface area contributed by atoms with Crippen LogP contribution < -0.4 is 5.73 Å². The van der Waals surface area contributed by atoms with E-state index < -0.39 is 0 Å². The molecule has 0 spiro atoms. The van der Waals surface area contributed by atoms with Crippen LogP contribution in [-0.4, -0.2) is 29.9 Å². The maximum Gasteiger partial charge on any atom is 0.253 e. The Morgan fingerprint density at radius 2 is 2.22 bits per heavy atom. The summed E-state index contributed by atoms with van der Waals surface area (Å²) in [5, 5.41) is 0. The summed E-state index contributed by atoms with van der Waals surface area (Å²) in [6.45, 7) is 2.99. The Balaban J connectivity index is 0.00000162. The molecule has 18 heavy (non-hydrogen) atoms. The molecule has 0 aliphatic carbocycles. The fourth-order valence-electron chi connectivity index (χ4n) is 2.15. The quantitative estimate of drug-likeness (QED) is 0.851. The molecule has 0 radical (unpaired) electrons. The Morgan fingerprint density at radius 1 is 1.50 bits per heavy atom. The van der Waals surface area contributed by atoms with Gasteiger partial charge in [0.05, 0.1) is 0 Å². The van der Waals surface area contributed by atoms with Gasteiger partial charge in [-0.1, -0.05) is 0 Å². The third-order valence-corrected chi connectivity index (χ3v) is 3.15. The number of carbonyl (C=O) groups is 1. The summed E-state index contributed by atoms with van der Waals surface area (Å²) in [5.41, 5.74) is 6.88. The summed E-state index contributed by atoms with van der Waals surface area (Å²) in [4.78, 5) is 13.9. The van der Waals surface area contributed by atoms with Gasteiger partial charge in [0, 0.05) is 24.7 Å². The second-order valence-electron chi connectivity index (χ2n) is 4.62. The number of nitrogens with zero attached hydrogens (tertiary/aromatic N) is 1. The van der Waals surface area contributed by atoms with Crippen LogP contribution in [0, 0.1) is 12.7 Å². The smallest absolute Gasteiger partial charge is 0.253 e. The second kappa shape index (κ2) is 6.16. The average molecular weight is 273 g/mol. The Kier molecular flexibility index (Phi) is 5.11. The fourth-order valence-corrected chi connectivity index (χ4v) is 2.15. The third kappa shape index (κ3) is 3.21. The van der Waals surface area contributed by atoms with Crippen molar-refractivity contribution >= 4 is 18.3 Å². The molecule has 1 heterocycles. The molecule has 1 amide bonds. The fraction of sp³-hybridized carbons (Fsp3) is 0.462. The van der Waals surface area contributed by atoms with E-state index in [9.17, 15) is 9.18 Å². The van der Waals surface area contributed by atoms with Gasteiger partial charge in [-0.05, 0) is 43.5 Å². The van der Waals surface area contributed by atoms with E-state index in [1.807, 2.05) is 0 Å². The first-order chi connectivity index (χ1) is 8.08. The summed E-state index contributed by atoms with van der Waals surface area (Å²) >= 11 is 0. The zero-order valence-electron chi connectivity index (χ0n) is 10.4. The van der Waals surface area contributed by atoms with Gasteiger partial charge in [0.25, 0.3) is 5.91 Å². The molecule has 100 valence electrons. The Labute approximate surface area is 113 Å². The lowest BCUT2D eigenvalue weighted by molar-refractivity contribution is 0.0708. The molecule has 2 rings (SSSR count). The lowest BCUT2D eigenvalue weighted by atomic mass is 10.0. The molecule has 2 N–H and O–H groups in total.